The Balaban J connectivity index is 2.44. The van der Waals surface area contributed by atoms with Crippen molar-refractivity contribution in [3.63, 3.8) is 0 Å². The molecule has 1 unspecified atom stereocenters. The van der Waals surface area contributed by atoms with Crippen LogP contribution < -0.4 is 0 Å². The molecule has 7 heteroatoms. The number of nitrogens with zero attached hydrogens (tertiary/aromatic N) is 2. The first-order valence-corrected chi connectivity index (χ1v) is 7.53. The van der Waals surface area contributed by atoms with E-state index in [9.17, 15) is 9.18 Å². The number of imidazole rings is 1. The zero-order chi connectivity index (χ0) is 15.4. The quantitative estimate of drug-likeness (QED) is 0.796. The summed E-state index contributed by atoms with van der Waals surface area (Å²) in [6.45, 7) is 2.55. The van der Waals surface area contributed by atoms with Gasteiger partial charge in [-0.2, -0.15) is 0 Å². The summed E-state index contributed by atoms with van der Waals surface area (Å²) in [6, 6.07) is 4.81. The van der Waals surface area contributed by atoms with Crippen molar-refractivity contribution in [2.24, 2.45) is 0 Å². The lowest BCUT2D eigenvalue weighted by Gasteiger charge is -2.16. The molecule has 1 atom stereocenters. The van der Waals surface area contributed by atoms with Crippen molar-refractivity contribution >= 4 is 28.8 Å². The third kappa shape index (κ3) is 3.54. The first kappa shape index (κ1) is 15.8. The van der Waals surface area contributed by atoms with Gasteiger partial charge >= 0.3 is 5.97 Å². The molecule has 0 saturated carbocycles. The number of para-hydroxylation sites is 1. The summed E-state index contributed by atoms with van der Waals surface area (Å²) in [5.41, 5.74) is 0.946. The number of rotatable bonds is 7. The Morgan fingerprint density at radius 1 is 1.57 bits per heavy atom. The molecule has 1 aromatic carbocycles. The molecule has 0 saturated heterocycles. The number of benzene rings is 1. The van der Waals surface area contributed by atoms with Crippen LogP contribution in [-0.2, 0) is 9.53 Å². The SMILES string of the molecule is COCCC(C)n1c(SCC(=O)O)nc2c(F)cccc21. The van der Waals surface area contributed by atoms with Gasteiger partial charge in [0.15, 0.2) is 11.0 Å². The van der Waals surface area contributed by atoms with E-state index in [2.05, 4.69) is 4.98 Å². The Morgan fingerprint density at radius 3 is 3.00 bits per heavy atom. The highest BCUT2D eigenvalue weighted by atomic mass is 32.2. The number of methoxy groups -OCH3 is 1. The van der Waals surface area contributed by atoms with Gasteiger partial charge in [-0.1, -0.05) is 17.8 Å². The molecule has 0 spiro atoms. The van der Waals surface area contributed by atoms with E-state index in [4.69, 9.17) is 9.84 Å². The minimum Gasteiger partial charge on any atom is -0.481 e. The van der Waals surface area contributed by atoms with Crippen LogP contribution in [-0.4, -0.2) is 40.1 Å². The number of thioether (sulfide) groups is 1. The monoisotopic (exact) mass is 312 g/mol. The molecule has 2 rings (SSSR count). The third-order valence-electron chi connectivity index (χ3n) is 3.14. The van der Waals surface area contributed by atoms with Crippen molar-refractivity contribution in [1.29, 1.82) is 0 Å². The summed E-state index contributed by atoms with van der Waals surface area (Å²) < 4.78 is 20.8. The zero-order valence-corrected chi connectivity index (χ0v) is 12.7. The summed E-state index contributed by atoms with van der Waals surface area (Å²) >= 11 is 1.10. The number of aliphatic carboxylic acids is 1. The van der Waals surface area contributed by atoms with Crippen LogP contribution in [0.3, 0.4) is 0 Å². The Labute approximate surface area is 126 Å². The van der Waals surface area contributed by atoms with Gasteiger partial charge < -0.3 is 14.4 Å². The summed E-state index contributed by atoms with van der Waals surface area (Å²) in [7, 11) is 1.62. The van der Waals surface area contributed by atoms with E-state index in [1.54, 1.807) is 19.2 Å². The van der Waals surface area contributed by atoms with Gasteiger partial charge in [0.2, 0.25) is 0 Å². The number of hydrogen-bond acceptors (Lipinski definition) is 4. The predicted octanol–water partition coefficient (Wildman–Crippen LogP) is 2.95. The fraction of sp³-hybridized carbons (Fsp3) is 0.429. The van der Waals surface area contributed by atoms with E-state index in [0.717, 1.165) is 18.2 Å². The van der Waals surface area contributed by atoms with Crippen LogP contribution in [0.2, 0.25) is 0 Å². The molecule has 5 nitrogen and oxygen atoms in total. The Hall–Kier alpha value is -1.60. The minimum absolute atomic E-state index is 0.0352. The van der Waals surface area contributed by atoms with Crippen LogP contribution in [0, 0.1) is 5.82 Å². The molecule has 0 amide bonds. The normalized spacial score (nSPS) is 12.7. The molecule has 21 heavy (non-hydrogen) atoms. The van der Waals surface area contributed by atoms with Crippen molar-refractivity contribution in [2.45, 2.75) is 24.5 Å². The van der Waals surface area contributed by atoms with E-state index in [1.165, 1.54) is 6.07 Å². The van der Waals surface area contributed by atoms with Crippen LogP contribution in [0.1, 0.15) is 19.4 Å². The van der Waals surface area contributed by atoms with Gasteiger partial charge in [-0.3, -0.25) is 4.79 Å². The number of hydrogen-bond donors (Lipinski definition) is 1. The molecule has 114 valence electrons. The molecule has 1 aromatic heterocycles. The van der Waals surface area contributed by atoms with Gasteiger partial charge in [0, 0.05) is 19.8 Å². The highest BCUT2D eigenvalue weighted by molar-refractivity contribution is 7.99. The second-order valence-corrected chi connectivity index (χ2v) is 5.63. The summed E-state index contributed by atoms with van der Waals surface area (Å²) in [5, 5.41) is 9.34. The number of carboxylic acids is 1. The van der Waals surface area contributed by atoms with Crippen molar-refractivity contribution in [3.05, 3.63) is 24.0 Å². The molecule has 0 bridgehead atoms. The molecule has 1 N–H and O–H groups in total. The van der Waals surface area contributed by atoms with Crippen molar-refractivity contribution in [2.75, 3.05) is 19.5 Å². The lowest BCUT2D eigenvalue weighted by Crippen LogP contribution is -2.10. The fourth-order valence-electron chi connectivity index (χ4n) is 2.13. The van der Waals surface area contributed by atoms with E-state index < -0.39 is 11.8 Å². The molecule has 0 aliphatic rings. The van der Waals surface area contributed by atoms with E-state index in [-0.39, 0.29) is 17.3 Å². The molecule has 1 heterocycles. The molecule has 0 radical (unpaired) electrons. The maximum absolute atomic E-state index is 13.9. The van der Waals surface area contributed by atoms with Gasteiger partial charge in [-0.15, -0.1) is 0 Å². The molecular weight excluding hydrogens is 295 g/mol. The molecule has 0 fully saturated rings. The Kier molecular flexibility index (Phi) is 5.19. The molecule has 0 aliphatic carbocycles. The van der Waals surface area contributed by atoms with Gasteiger partial charge in [0.25, 0.3) is 0 Å². The maximum atomic E-state index is 13.9. The third-order valence-corrected chi connectivity index (χ3v) is 4.08. The largest absolute Gasteiger partial charge is 0.481 e. The second-order valence-electron chi connectivity index (χ2n) is 4.68. The van der Waals surface area contributed by atoms with Crippen LogP contribution in [0.15, 0.2) is 23.4 Å². The topological polar surface area (TPSA) is 64.3 Å². The zero-order valence-electron chi connectivity index (χ0n) is 11.9. The number of fused-ring (bicyclic) bond motifs is 1. The van der Waals surface area contributed by atoms with Crippen molar-refractivity contribution in [1.82, 2.24) is 9.55 Å². The van der Waals surface area contributed by atoms with Crippen molar-refractivity contribution < 1.29 is 19.0 Å². The highest BCUT2D eigenvalue weighted by Gasteiger charge is 2.19. The van der Waals surface area contributed by atoms with Gasteiger partial charge in [0.1, 0.15) is 5.52 Å². The highest BCUT2D eigenvalue weighted by Crippen LogP contribution is 2.30. The average molecular weight is 312 g/mol. The summed E-state index contributed by atoms with van der Waals surface area (Å²) in [6.07, 6.45) is 0.735. The standard InChI is InChI=1S/C14H17FN2O3S/c1-9(6-7-20-2)17-11-5-3-4-10(15)13(11)16-14(17)21-8-12(18)19/h3-5,9H,6-8H2,1-2H3,(H,18,19). The Bertz CT molecular complexity index is 644. The molecule has 0 aliphatic heterocycles. The lowest BCUT2D eigenvalue weighted by atomic mass is 10.2. The fourth-order valence-corrected chi connectivity index (χ4v) is 2.96. The van der Waals surface area contributed by atoms with Gasteiger partial charge in [0.05, 0.1) is 11.3 Å². The van der Waals surface area contributed by atoms with E-state index in [1.807, 2.05) is 11.5 Å². The van der Waals surface area contributed by atoms with Crippen LogP contribution in [0.25, 0.3) is 11.0 Å². The second kappa shape index (κ2) is 6.91. The van der Waals surface area contributed by atoms with E-state index in [0.29, 0.717) is 17.3 Å². The van der Waals surface area contributed by atoms with Crippen molar-refractivity contribution in [3.8, 4) is 0 Å². The Morgan fingerprint density at radius 2 is 2.33 bits per heavy atom. The number of ether oxygens (including phenoxy) is 1. The summed E-state index contributed by atoms with van der Waals surface area (Å²) in [4.78, 5) is 15.0. The van der Waals surface area contributed by atoms with Crippen LogP contribution in [0.4, 0.5) is 4.39 Å². The smallest absolute Gasteiger partial charge is 0.313 e. The summed E-state index contributed by atoms with van der Waals surface area (Å²) in [5.74, 6) is -1.44. The lowest BCUT2D eigenvalue weighted by molar-refractivity contribution is -0.133. The van der Waals surface area contributed by atoms with Crippen LogP contribution in [0.5, 0.6) is 0 Å². The average Bonchev–Trinajstić information content (AvgIpc) is 2.82. The van der Waals surface area contributed by atoms with Crippen LogP contribution >= 0.6 is 11.8 Å². The van der Waals surface area contributed by atoms with E-state index >= 15 is 0 Å². The minimum atomic E-state index is -0.927. The van der Waals surface area contributed by atoms with Gasteiger partial charge in [-0.05, 0) is 25.5 Å². The first-order valence-electron chi connectivity index (χ1n) is 6.54. The molecule has 2 aromatic rings. The predicted molar refractivity (Wildman–Crippen MR) is 79.3 cm³/mol. The first-order chi connectivity index (χ1) is 10.0. The number of halogens is 1. The maximum Gasteiger partial charge on any atom is 0.313 e. The van der Waals surface area contributed by atoms with Gasteiger partial charge in [-0.25, -0.2) is 9.37 Å². The molecular formula is C14H17FN2O3S. The number of aromatic nitrogens is 2. The number of carboxylic acid groups (broad SMARTS) is 1. The number of carbonyl (C=O) groups is 1.